The van der Waals surface area contributed by atoms with Crippen LogP contribution in [0.25, 0.3) is 0 Å². The van der Waals surface area contributed by atoms with Gasteiger partial charge in [0.1, 0.15) is 0 Å². The largest absolute Gasteiger partial charge is 0.465 e. The number of nitrogens with two attached hydrogens (primary N) is 1. The normalized spacial score (nSPS) is 12.2. The fraction of sp³-hybridized carbons (Fsp3) is 0.750. The topological polar surface area (TPSA) is 69.4 Å². The Morgan fingerprint density at radius 2 is 2.08 bits per heavy atom. The van der Waals surface area contributed by atoms with Gasteiger partial charge in [-0.15, -0.1) is 11.8 Å². The van der Waals surface area contributed by atoms with E-state index in [0.29, 0.717) is 13.0 Å². The van der Waals surface area contributed by atoms with Crippen molar-refractivity contribution in [2.75, 3.05) is 12.4 Å². The molecule has 0 fully saturated rings. The summed E-state index contributed by atoms with van der Waals surface area (Å²) in [5.74, 6) is -0.487. The first kappa shape index (κ1) is 12.3. The Bertz CT molecular complexity index is 184. The van der Waals surface area contributed by atoms with Gasteiger partial charge in [0.05, 0.1) is 17.6 Å². The lowest BCUT2D eigenvalue weighted by atomic mass is 10.3. The SMILES string of the molecule is CCOC(=O)CSC(CC)C(N)=O. The number of hydrogen-bond donors (Lipinski definition) is 1. The number of esters is 1. The Morgan fingerprint density at radius 3 is 2.46 bits per heavy atom. The predicted molar refractivity (Wildman–Crippen MR) is 52.4 cm³/mol. The minimum Gasteiger partial charge on any atom is -0.465 e. The van der Waals surface area contributed by atoms with E-state index < -0.39 is 0 Å². The number of carbonyl (C=O) groups is 2. The summed E-state index contributed by atoms with van der Waals surface area (Å²) in [6, 6.07) is 0. The number of primary amides is 1. The highest BCUT2D eigenvalue weighted by Gasteiger charge is 2.15. The Hall–Kier alpha value is -0.710. The Morgan fingerprint density at radius 1 is 1.46 bits per heavy atom. The van der Waals surface area contributed by atoms with Crippen LogP contribution in [0, 0.1) is 0 Å². The monoisotopic (exact) mass is 205 g/mol. The maximum absolute atomic E-state index is 10.9. The number of hydrogen-bond acceptors (Lipinski definition) is 4. The van der Waals surface area contributed by atoms with E-state index in [0.717, 1.165) is 0 Å². The smallest absolute Gasteiger partial charge is 0.315 e. The Labute approximate surface area is 82.2 Å². The molecule has 13 heavy (non-hydrogen) atoms. The molecule has 0 saturated carbocycles. The highest BCUT2D eigenvalue weighted by atomic mass is 32.2. The number of amides is 1. The lowest BCUT2D eigenvalue weighted by Crippen LogP contribution is -2.26. The fourth-order valence-electron chi connectivity index (χ4n) is 0.772. The third-order valence-electron chi connectivity index (χ3n) is 1.40. The molecule has 1 unspecified atom stereocenters. The molecule has 0 radical (unpaired) electrons. The van der Waals surface area contributed by atoms with Crippen molar-refractivity contribution in [1.82, 2.24) is 0 Å². The lowest BCUT2D eigenvalue weighted by Gasteiger charge is -2.08. The second kappa shape index (κ2) is 6.77. The average molecular weight is 205 g/mol. The van der Waals surface area contributed by atoms with Crippen molar-refractivity contribution >= 4 is 23.6 Å². The van der Waals surface area contributed by atoms with Crippen molar-refractivity contribution < 1.29 is 14.3 Å². The molecule has 5 heteroatoms. The molecule has 0 heterocycles. The molecule has 4 nitrogen and oxygen atoms in total. The zero-order chi connectivity index (χ0) is 10.3. The van der Waals surface area contributed by atoms with Gasteiger partial charge in [0.2, 0.25) is 5.91 Å². The van der Waals surface area contributed by atoms with Crippen LogP contribution in [0.3, 0.4) is 0 Å². The Balaban J connectivity index is 3.72. The van der Waals surface area contributed by atoms with Crippen LogP contribution >= 0.6 is 11.8 Å². The summed E-state index contributed by atoms with van der Waals surface area (Å²) < 4.78 is 4.70. The van der Waals surface area contributed by atoms with Gasteiger partial charge in [0.25, 0.3) is 0 Å². The van der Waals surface area contributed by atoms with Gasteiger partial charge in [0, 0.05) is 0 Å². The molecule has 0 aliphatic carbocycles. The summed E-state index contributed by atoms with van der Waals surface area (Å²) in [6.07, 6.45) is 0.638. The Kier molecular flexibility index (Phi) is 6.40. The van der Waals surface area contributed by atoms with Crippen molar-refractivity contribution in [3.05, 3.63) is 0 Å². The third-order valence-corrected chi connectivity index (χ3v) is 2.77. The van der Waals surface area contributed by atoms with E-state index >= 15 is 0 Å². The van der Waals surface area contributed by atoms with Crippen LogP contribution in [0.4, 0.5) is 0 Å². The highest BCUT2D eigenvalue weighted by molar-refractivity contribution is 8.01. The van der Waals surface area contributed by atoms with Crippen LogP contribution in [0.1, 0.15) is 20.3 Å². The van der Waals surface area contributed by atoms with Crippen LogP contribution in [0.2, 0.25) is 0 Å². The second-order valence-electron chi connectivity index (χ2n) is 2.42. The van der Waals surface area contributed by atoms with Crippen molar-refractivity contribution in [1.29, 1.82) is 0 Å². The lowest BCUT2D eigenvalue weighted by molar-refractivity contribution is -0.139. The van der Waals surface area contributed by atoms with Gasteiger partial charge >= 0.3 is 5.97 Å². The van der Waals surface area contributed by atoms with Crippen molar-refractivity contribution in [2.24, 2.45) is 5.73 Å². The third kappa shape index (κ3) is 5.52. The molecule has 0 aliphatic rings. The summed E-state index contributed by atoms with van der Waals surface area (Å²) >= 11 is 1.23. The minimum atomic E-state index is -0.378. The van der Waals surface area contributed by atoms with E-state index in [2.05, 4.69) is 0 Å². The maximum atomic E-state index is 10.9. The summed E-state index contributed by atoms with van der Waals surface area (Å²) in [5, 5.41) is -0.288. The van der Waals surface area contributed by atoms with E-state index in [4.69, 9.17) is 10.5 Å². The van der Waals surface area contributed by atoms with Crippen LogP contribution in [-0.2, 0) is 14.3 Å². The van der Waals surface area contributed by atoms with Crippen LogP contribution < -0.4 is 5.73 Å². The molecule has 0 aromatic heterocycles. The standard InChI is InChI=1S/C8H15NO3S/c1-3-6(8(9)11)13-5-7(10)12-4-2/h6H,3-5H2,1-2H3,(H2,9,11). The maximum Gasteiger partial charge on any atom is 0.315 e. The van der Waals surface area contributed by atoms with Crippen molar-refractivity contribution in [3.63, 3.8) is 0 Å². The molecule has 1 amide bonds. The summed E-state index contributed by atoms with van der Waals surface area (Å²) in [5.41, 5.74) is 5.10. The van der Waals surface area contributed by atoms with Gasteiger partial charge in [-0.1, -0.05) is 6.92 Å². The first-order valence-electron chi connectivity index (χ1n) is 4.18. The molecule has 0 bridgehead atoms. The first-order valence-corrected chi connectivity index (χ1v) is 5.23. The van der Waals surface area contributed by atoms with E-state index in [1.54, 1.807) is 6.92 Å². The number of ether oxygens (including phenoxy) is 1. The molecule has 0 aromatic carbocycles. The predicted octanol–water partition coefficient (Wildman–Crippen LogP) is 0.547. The van der Waals surface area contributed by atoms with Gasteiger partial charge in [0.15, 0.2) is 0 Å². The number of rotatable bonds is 6. The van der Waals surface area contributed by atoms with Gasteiger partial charge < -0.3 is 10.5 Å². The number of carbonyl (C=O) groups excluding carboxylic acids is 2. The quantitative estimate of drug-likeness (QED) is 0.643. The van der Waals surface area contributed by atoms with E-state index in [9.17, 15) is 9.59 Å². The van der Waals surface area contributed by atoms with E-state index in [1.165, 1.54) is 11.8 Å². The molecule has 1 atom stereocenters. The van der Waals surface area contributed by atoms with Crippen LogP contribution in [0.15, 0.2) is 0 Å². The van der Waals surface area contributed by atoms with Crippen molar-refractivity contribution in [2.45, 2.75) is 25.5 Å². The molecule has 0 spiro atoms. The highest BCUT2D eigenvalue weighted by Crippen LogP contribution is 2.13. The minimum absolute atomic E-state index is 0.190. The fourth-order valence-corrected chi connectivity index (χ4v) is 1.59. The number of thioether (sulfide) groups is 1. The second-order valence-corrected chi connectivity index (χ2v) is 3.61. The van der Waals surface area contributed by atoms with Gasteiger partial charge in [-0.05, 0) is 13.3 Å². The first-order chi connectivity index (χ1) is 6.11. The molecular weight excluding hydrogens is 190 g/mol. The summed E-state index contributed by atoms with van der Waals surface area (Å²) in [6.45, 7) is 3.97. The van der Waals surface area contributed by atoms with Crippen LogP contribution in [-0.4, -0.2) is 29.5 Å². The summed E-state index contributed by atoms with van der Waals surface area (Å²) in [4.78, 5) is 21.6. The zero-order valence-corrected chi connectivity index (χ0v) is 8.73. The molecule has 0 aliphatic heterocycles. The molecule has 0 aromatic rings. The van der Waals surface area contributed by atoms with Gasteiger partial charge in [-0.2, -0.15) is 0 Å². The van der Waals surface area contributed by atoms with Gasteiger partial charge in [-0.25, -0.2) is 0 Å². The van der Waals surface area contributed by atoms with Crippen molar-refractivity contribution in [3.8, 4) is 0 Å². The molecule has 76 valence electrons. The van der Waals surface area contributed by atoms with E-state index in [1.807, 2.05) is 6.92 Å². The van der Waals surface area contributed by atoms with Gasteiger partial charge in [-0.3, -0.25) is 9.59 Å². The molecular formula is C8H15NO3S. The molecule has 2 N–H and O–H groups in total. The summed E-state index contributed by atoms with van der Waals surface area (Å²) in [7, 11) is 0. The molecule has 0 rings (SSSR count). The van der Waals surface area contributed by atoms with Crippen LogP contribution in [0.5, 0.6) is 0 Å². The average Bonchev–Trinajstić information content (AvgIpc) is 2.05. The molecule has 0 saturated heterocycles. The zero-order valence-electron chi connectivity index (χ0n) is 7.91. The van der Waals surface area contributed by atoms with E-state index in [-0.39, 0.29) is 22.9 Å².